The molecule has 152 valence electrons. The zero-order chi connectivity index (χ0) is 20.2. The Morgan fingerprint density at radius 2 is 1.57 bits per heavy atom. The van der Waals surface area contributed by atoms with Gasteiger partial charge < -0.3 is 0 Å². The molecule has 1 nitrogen and oxygen atoms in total. The molecule has 0 aromatic heterocycles. The second-order valence-corrected chi connectivity index (χ2v) is 7.82. The predicted molar refractivity (Wildman–Crippen MR) is 108 cm³/mol. The first kappa shape index (κ1) is 22.3. The summed E-state index contributed by atoms with van der Waals surface area (Å²) in [6.07, 6.45) is 15.0. The Morgan fingerprint density at radius 1 is 0.929 bits per heavy atom. The number of nitriles is 1. The highest BCUT2D eigenvalue weighted by Crippen LogP contribution is 2.34. The van der Waals surface area contributed by atoms with E-state index in [1.54, 1.807) is 18.2 Å². The van der Waals surface area contributed by atoms with Gasteiger partial charge in [-0.3, -0.25) is 0 Å². The summed E-state index contributed by atoms with van der Waals surface area (Å²) in [5.74, 6) is 1.64. The lowest BCUT2D eigenvalue weighted by molar-refractivity contribution is -0.137. The summed E-state index contributed by atoms with van der Waals surface area (Å²) in [5, 5.41) is 8.42. The van der Waals surface area contributed by atoms with E-state index >= 15 is 0 Å². The Kier molecular flexibility index (Phi) is 9.34. The van der Waals surface area contributed by atoms with E-state index in [0.29, 0.717) is 0 Å². The minimum atomic E-state index is -4.25. The van der Waals surface area contributed by atoms with Gasteiger partial charge in [0.2, 0.25) is 0 Å². The number of nitrogens with zero attached hydrogens (tertiary/aromatic N) is 1. The lowest BCUT2D eigenvalue weighted by Crippen LogP contribution is -2.14. The molecular weight excluding hydrogens is 359 g/mol. The quantitative estimate of drug-likeness (QED) is 0.242. The van der Waals surface area contributed by atoms with Gasteiger partial charge in [0.05, 0.1) is 11.6 Å². The number of alkyl halides is 3. The van der Waals surface area contributed by atoms with Crippen molar-refractivity contribution in [3.63, 3.8) is 0 Å². The molecule has 1 aliphatic carbocycles. The normalized spacial score (nSPS) is 20.6. The van der Waals surface area contributed by atoms with Crippen molar-refractivity contribution < 1.29 is 13.2 Å². The topological polar surface area (TPSA) is 23.8 Å². The van der Waals surface area contributed by atoms with Crippen molar-refractivity contribution in [1.29, 1.82) is 5.26 Å². The van der Waals surface area contributed by atoms with Crippen LogP contribution in [0.4, 0.5) is 13.2 Å². The van der Waals surface area contributed by atoms with Gasteiger partial charge in [-0.05, 0) is 55.2 Å². The fourth-order valence-electron chi connectivity index (χ4n) is 4.04. The molecule has 0 heterocycles. The fourth-order valence-corrected chi connectivity index (χ4v) is 4.04. The van der Waals surface area contributed by atoms with Crippen molar-refractivity contribution in [1.82, 2.24) is 0 Å². The van der Waals surface area contributed by atoms with Crippen LogP contribution in [0.15, 0.2) is 48.6 Å². The summed E-state index contributed by atoms with van der Waals surface area (Å²) in [7, 11) is 0. The van der Waals surface area contributed by atoms with Gasteiger partial charge in [-0.25, -0.2) is 0 Å². The van der Waals surface area contributed by atoms with Gasteiger partial charge in [0.25, 0.3) is 0 Å². The number of rotatable bonds is 9. The molecule has 0 radical (unpaired) electrons. The summed E-state index contributed by atoms with van der Waals surface area (Å²) < 4.78 is 37.7. The van der Waals surface area contributed by atoms with Crippen molar-refractivity contribution in [2.45, 2.75) is 70.4 Å². The number of allylic oxidation sites excluding steroid dienone is 4. The molecule has 0 spiro atoms. The monoisotopic (exact) mass is 389 g/mol. The molecule has 0 atom stereocenters. The van der Waals surface area contributed by atoms with E-state index in [1.807, 2.05) is 12.1 Å². The standard InChI is InChI=1S/C24H30F3N/c25-24(26,27)23-17-15-22(16-18-23)10-6-5-9-21-13-11-20(12-14-21)8-4-2-1-3-7-19-28/h1-3,7,15-18,20-21H,4-6,8-14H2. The molecule has 2 rings (SSSR count). The maximum Gasteiger partial charge on any atom is 0.416 e. The van der Waals surface area contributed by atoms with Gasteiger partial charge in [-0.2, -0.15) is 18.4 Å². The maximum absolute atomic E-state index is 12.6. The van der Waals surface area contributed by atoms with E-state index < -0.39 is 11.7 Å². The molecule has 1 fully saturated rings. The maximum atomic E-state index is 12.6. The minimum Gasteiger partial charge on any atom is -0.193 e. The summed E-state index contributed by atoms with van der Waals surface area (Å²) in [6, 6.07) is 7.57. The molecule has 1 aliphatic rings. The number of aryl methyl sites for hydroxylation is 1. The molecule has 0 aliphatic heterocycles. The molecule has 0 amide bonds. The Bertz CT molecular complexity index is 657. The van der Waals surface area contributed by atoms with E-state index in [1.165, 1.54) is 56.7 Å². The molecule has 28 heavy (non-hydrogen) atoms. The predicted octanol–water partition coefficient (Wildman–Crippen LogP) is 7.64. The zero-order valence-electron chi connectivity index (χ0n) is 16.4. The van der Waals surface area contributed by atoms with Crippen LogP contribution in [0, 0.1) is 23.2 Å². The third-order valence-electron chi connectivity index (χ3n) is 5.73. The first-order chi connectivity index (χ1) is 13.5. The van der Waals surface area contributed by atoms with Crippen molar-refractivity contribution in [3.05, 3.63) is 59.7 Å². The number of benzene rings is 1. The number of halogens is 3. The van der Waals surface area contributed by atoms with Gasteiger partial charge in [0, 0.05) is 6.08 Å². The molecule has 4 heteroatoms. The van der Waals surface area contributed by atoms with Crippen LogP contribution in [0.2, 0.25) is 0 Å². The summed E-state index contributed by atoms with van der Waals surface area (Å²) in [4.78, 5) is 0. The van der Waals surface area contributed by atoms with Gasteiger partial charge >= 0.3 is 6.18 Å². The average molecular weight is 390 g/mol. The van der Waals surface area contributed by atoms with Gasteiger partial charge in [0.15, 0.2) is 0 Å². The molecule has 0 N–H and O–H groups in total. The summed E-state index contributed by atoms with van der Waals surface area (Å²) in [6.45, 7) is 0. The second kappa shape index (κ2) is 11.7. The van der Waals surface area contributed by atoms with Crippen LogP contribution >= 0.6 is 0 Å². The molecule has 0 bridgehead atoms. The van der Waals surface area contributed by atoms with Crippen LogP contribution < -0.4 is 0 Å². The first-order valence-electron chi connectivity index (χ1n) is 10.4. The molecule has 1 saturated carbocycles. The van der Waals surface area contributed by atoms with Crippen LogP contribution in [-0.4, -0.2) is 0 Å². The van der Waals surface area contributed by atoms with Crippen molar-refractivity contribution in [3.8, 4) is 6.07 Å². The van der Waals surface area contributed by atoms with Crippen LogP contribution in [0.3, 0.4) is 0 Å². The molecule has 0 saturated heterocycles. The van der Waals surface area contributed by atoms with Gasteiger partial charge in [0.1, 0.15) is 0 Å². The van der Waals surface area contributed by atoms with Crippen molar-refractivity contribution in [2.24, 2.45) is 11.8 Å². The van der Waals surface area contributed by atoms with E-state index in [4.69, 9.17) is 5.26 Å². The first-order valence-corrected chi connectivity index (χ1v) is 10.4. The Hall–Kier alpha value is -2.02. The molecule has 1 aromatic carbocycles. The lowest BCUT2D eigenvalue weighted by Gasteiger charge is -2.28. The van der Waals surface area contributed by atoms with Crippen LogP contribution in [-0.2, 0) is 12.6 Å². The second-order valence-electron chi connectivity index (χ2n) is 7.82. The number of unbranched alkanes of at least 4 members (excludes halogenated alkanes) is 1. The fraction of sp³-hybridized carbons (Fsp3) is 0.542. The SMILES string of the molecule is N#CC=CC=CCCC1CCC(CCCCc2ccc(C(F)(F)F)cc2)CC1. The van der Waals surface area contributed by atoms with E-state index in [-0.39, 0.29) is 0 Å². The van der Waals surface area contributed by atoms with Crippen LogP contribution in [0.25, 0.3) is 0 Å². The van der Waals surface area contributed by atoms with E-state index in [9.17, 15) is 13.2 Å². The third kappa shape index (κ3) is 8.33. The Balaban J connectivity index is 1.56. The zero-order valence-corrected chi connectivity index (χ0v) is 16.4. The summed E-state index contributed by atoms with van der Waals surface area (Å²) in [5.41, 5.74) is 0.427. The molecule has 1 aromatic rings. The molecular formula is C24H30F3N. The summed E-state index contributed by atoms with van der Waals surface area (Å²) >= 11 is 0. The number of hydrogen-bond donors (Lipinski definition) is 0. The average Bonchev–Trinajstić information content (AvgIpc) is 2.69. The highest BCUT2D eigenvalue weighted by molar-refractivity contribution is 5.24. The number of hydrogen-bond acceptors (Lipinski definition) is 1. The lowest BCUT2D eigenvalue weighted by atomic mass is 9.78. The minimum absolute atomic E-state index is 0.567. The highest BCUT2D eigenvalue weighted by atomic mass is 19.4. The van der Waals surface area contributed by atoms with Crippen LogP contribution in [0.1, 0.15) is 68.9 Å². The van der Waals surface area contributed by atoms with Crippen LogP contribution in [0.5, 0.6) is 0 Å². The van der Waals surface area contributed by atoms with Gasteiger partial charge in [-0.15, -0.1) is 0 Å². The van der Waals surface area contributed by atoms with Crippen molar-refractivity contribution >= 4 is 0 Å². The molecule has 0 unspecified atom stereocenters. The van der Waals surface area contributed by atoms with E-state index in [2.05, 4.69) is 6.08 Å². The van der Waals surface area contributed by atoms with Gasteiger partial charge in [-0.1, -0.05) is 68.9 Å². The van der Waals surface area contributed by atoms with Crippen molar-refractivity contribution in [2.75, 3.05) is 0 Å². The largest absolute Gasteiger partial charge is 0.416 e. The van der Waals surface area contributed by atoms with E-state index in [0.717, 1.165) is 43.1 Å². The smallest absolute Gasteiger partial charge is 0.193 e. The highest BCUT2D eigenvalue weighted by Gasteiger charge is 2.29. The Morgan fingerprint density at radius 3 is 2.18 bits per heavy atom. The Labute approximate surface area is 167 Å². The third-order valence-corrected chi connectivity index (χ3v) is 5.73.